The van der Waals surface area contributed by atoms with Crippen molar-refractivity contribution in [2.24, 2.45) is 0 Å². The average molecular weight is 369 g/mol. The second-order valence-corrected chi connectivity index (χ2v) is 6.43. The third-order valence-electron chi connectivity index (χ3n) is 3.74. The van der Waals surface area contributed by atoms with Crippen LogP contribution in [0.25, 0.3) is 0 Å². The van der Waals surface area contributed by atoms with Crippen LogP contribution in [0.1, 0.15) is 25.0 Å². The van der Waals surface area contributed by atoms with Gasteiger partial charge in [0.25, 0.3) is 0 Å². The van der Waals surface area contributed by atoms with E-state index in [4.69, 9.17) is 4.74 Å². The fourth-order valence-electron chi connectivity index (χ4n) is 2.42. The maximum Gasteiger partial charge on any atom is 0.315 e. The Morgan fingerprint density at radius 3 is 2.26 bits per heavy atom. The molecule has 0 aliphatic rings. The van der Waals surface area contributed by atoms with Crippen molar-refractivity contribution in [2.75, 3.05) is 13.1 Å². The first-order chi connectivity index (χ1) is 13.0. The molecule has 0 unspecified atom stereocenters. The molecule has 2 aromatic rings. The normalized spacial score (nSPS) is 10.3. The summed E-state index contributed by atoms with van der Waals surface area (Å²) in [6, 6.07) is 17.0. The highest BCUT2D eigenvalue weighted by Gasteiger charge is 2.05. The summed E-state index contributed by atoms with van der Waals surface area (Å²) < 4.78 is 5.60. The van der Waals surface area contributed by atoms with Crippen molar-refractivity contribution in [2.45, 2.75) is 32.9 Å². The highest BCUT2D eigenvalue weighted by molar-refractivity contribution is 5.83. The van der Waals surface area contributed by atoms with E-state index in [9.17, 15) is 9.59 Å². The molecule has 2 aromatic carbocycles. The largest absolute Gasteiger partial charge is 0.491 e. The maximum atomic E-state index is 11.8. The van der Waals surface area contributed by atoms with E-state index in [1.807, 2.05) is 68.4 Å². The van der Waals surface area contributed by atoms with Gasteiger partial charge in [-0.05, 0) is 43.5 Å². The highest BCUT2D eigenvalue weighted by Crippen LogP contribution is 2.13. The molecule has 0 spiro atoms. The number of benzene rings is 2. The molecule has 144 valence electrons. The van der Waals surface area contributed by atoms with Crippen LogP contribution in [0.15, 0.2) is 54.6 Å². The summed E-state index contributed by atoms with van der Waals surface area (Å²) >= 11 is 0. The standard InChI is InChI=1S/C21H27N3O3/c1-16(2)27-19-10-8-17(9-11-19)12-13-22-20(25)15-24-21(26)23-14-18-6-4-3-5-7-18/h3-11,16H,12-15H2,1-2H3,(H,22,25)(H2,23,24,26). The van der Waals surface area contributed by atoms with Crippen LogP contribution in [0, 0.1) is 0 Å². The lowest BCUT2D eigenvalue weighted by molar-refractivity contribution is -0.120. The van der Waals surface area contributed by atoms with Crippen molar-refractivity contribution in [1.29, 1.82) is 0 Å². The van der Waals surface area contributed by atoms with Gasteiger partial charge in [0.15, 0.2) is 0 Å². The number of rotatable bonds is 9. The molecule has 0 saturated carbocycles. The van der Waals surface area contributed by atoms with Crippen LogP contribution in [0.3, 0.4) is 0 Å². The second kappa shape index (κ2) is 10.9. The SMILES string of the molecule is CC(C)Oc1ccc(CCNC(=O)CNC(=O)NCc2ccccc2)cc1. The molecule has 0 fully saturated rings. The van der Waals surface area contributed by atoms with E-state index in [0.29, 0.717) is 19.5 Å². The maximum absolute atomic E-state index is 11.8. The first-order valence-electron chi connectivity index (χ1n) is 9.11. The summed E-state index contributed by atoms with van der Waals surface area (Å²) in [5.74, 6) is 0.619. The summed E-state index contributed by atoms with van der Waals surface area (Å²) in [7, 11) is 0. The Morgan fingerprint density at radius 1 is 0.889 bits per heavy atom. The minimum absolute atomic E-state index is 0.0538. The molecule has 0 atom stereocenters. The number of hydrogen-bond acceptors (Lipinski definition) is 3. The van der Waals surface area contributed by atoms with Gasteiger partial charge in [0.2, 0.25) is 5.91 Å². The van der Waals surface area contributed by atoms with E-state index in [1.54, 1.807) is 0 Å². The fraction of sp³-hybridized carbons (Fsp3) is 0.333. The van der Waals surface area contributed by atoms with Gasteiger partial charge in [-0.1, -0.05) is 42.5 Å². The van der Waals surface area contributed by atoms with E-state index in [0.717, 1.165) is 16.9 Å². The van der Waals surface area contributed by atoms with Gasteiger partial charge in [-0.3, -0.25) is 4.79 Å². The predicted molar refractivity (Wildman–Crippen MR) is 106 cm³/mol. The number of hydrogen-bond donors (Lipinski definition) is 3. The van der Waals surface area contributed by atoms with Crippen LogP contribution in [0.5, 0.6) is 5.75 Å². The first-order valence-corrected chi connectivity index (χ1v) is 9.11. The summed E-state index contributed by atoms with van der Waals surface area (Å²) in [6.07, 6.45) is 0.862. The Morgan fingerprint density at radius 2 is 1.59 bits per heavy atom. The van der Waals surface area contributed by atoms with Crippen LogP contribution in [-0.2, 0) is 17.8 Å². The van der Waals surface area contributed by atoms with Crippen LogP contribution in [-0.4, -0.2) is 31.1 Å². The predicted octanol–water partition coefficient (Wildman–Crippen LogP) is 2.63. The van der Waals surface area contributed by atoms with Crippen molar-refractivity contribution in [3.8, 4) is 5.75 Å². The van der Waals surface area contributed by atoms with Gasteiger partial charge in [0.05, 0.1) is 12.6 Å². The minimum Gasteiger partial charge on any atom is -0.491 e. The van der Waals surface area contributed by atoms with Gasteiger partial charge >= 0.3 is 6.03 Å². The molecule has 27 heavy (non-hydrogen) atoms. The average Bonchev–Trinajstić information content (AvgIpc) is 2.66. The zero-order valence-electron chi connectivity index (χ0n) is 15.8. The van der Waals surface area contributed by atoms with Gasteiger partial charge in [-0.25, -0.2) is 4.79 Å². The summed E-state index contributed by atoms with van der Waals surface area (Å²) in [4.78, 5) is 23.5. The highest BCUT2D eigenvalue weighted by atomic mass is 16.5. The lowest BCUT2D eigenvalue weighted by Crippen LogP contribution is -2.42. The Kier molecular flexibility index (Phi) is 8.16. The molecule has 0 aliphatic carbocycles. The lowest BCUT2D eigenvalue weighted by atomic mass is 10.1. The first kappa shape index (κ1) is 20.3. The monoisotopic (exact) mass is 369 g/mol. The molecule has 0 bridgehead atoms. The molecular formula is C21H27N3O3. The number of carbonyl (C=O) groups is 2. The summed E-state index contributed by atoms with van der Waals surface area (Å²) in [5.41, 5.74) is 2.11. The van der Waals surface area contributed by atoms with Crippen LogP contribution < -0.4 is 20.7 Å². The lowest BCUT2D eigenvalue weighted by Gasteiger charge is -2.10. The number of amides is 3. The topological polar surface area (TPSA) is 79.5 Å². The van der Waals surface area contributed by atoms with E-state index in [2.05, 4.69) is 16.0 Å². The van der Waals surface area contributed by atoms with Crippen molar-refractivity contribution < 1.29 is 14.3 Å². The smallest absolute Gasteiger partial charge is 0.315 e. The zero-order chi connectivity index (χ0) is 19.5. The number of urea groups is 1. The molecule has 6 heteroatoms. The third-order valence-corrected chi connectivity index (χ3v) is 3.74. The van der Waals surface area contributed by atoms with Crippen molar-refractivity contribution in [3.05, 3.63) is 65.7 Å². The molecule has 3 amide bonds. The van der Waals surface area contributed by atoms with Gasteiger partial charge in [-0.15, -0.1) is 0 Å². The van der Waals surface area contributed by atoms with E-state index < -0.39 is 0 Å². The zero-order valence-corrected chi connectivity index (χ0v) is 15.8. The van der Waals surface area contributed by atoms with E-state index >= 15 is 0 Å². The molecule has 0 heterocycles. The molecule has 2 rings (SSSR count). The number of ether oxygens (including phenoxy) is 1. The van der Waals surface area contributed by atoms with Crippen molar-refractivity contribution in [1.82, 2.24) is 16.0 Å². The van der Waals surface area contributed by atoms with Crippen LogP contribution >= 0.6 is 0 Å². The number of carbonyl (C=O) groups excluding carboxylic acids is 2. The molecular weight excluding hydrogens is 342 g/mol. The van der Waals surface area contributed by atoms with Crippen molar-refractivity contribution >= 4 is 11.9 Å². The van der Waals surface area contributed by atoms with E-state index in [-0.39, 0.29) is 24.6 Å². The Bertz CT molecular complexity index is 715. The molecule has 0 aromatic heterocycles. The van der Waals surface area contributed by atoms with Gasteiger partial charge in [-0.2, -0.15) is 0 Å². The molecule has 0 aliphatic heterocycles. The molecule has 3 N–H and O–H groups in total. The number of nitrogens with one attached hydrogen (secondary N) is 3. The summed E-state index contributed by atoms with van der Waals surface area (Å²) in [6.45, 7) is 4.85. The van der Waals surface area contributed by atoms with Crippen LogP contribution in [0.4, 0.5) is 4.79 Å². The Labute approximate surface area is 160 Å². The molecule has 0 radical (unpaired) electrons. The van der Waals surface area contributed by atoms with E-state index in [1.165, 1.54) is 0 Å². The van der Waals surface area contributed by atoms with Crippen molar-refractivity contribution in [3.63, 3.8) is 0 Å². The Balaban J connectivity index is 1.59. The van der Waals surface area contributed by atoms with Crippen LogP contribution in [0.2, 0.25) is 0 Å². The summed E-state index contributed by atoms with van der Waals surface area (Å²) in [5, 5.41) is 8.06. The van der Waals surface area contributed by atoms with Gasteiger partial charge in [0.1, 0.15) is 5.75 Å². The third kappa shape index (κ3) is 8.27. The quantitative estimate of drug-likeness (QED) is 0.636. The van der Waals surface area contributed by atoms with Gasteiger partial charge < -0.3 is 20.7 Å². The molecule has 0 saturated heterocycles. The second-order valence-electron chi connectivity index (χ2n) is 6.43. The van der Waals surface area contributed by atoms with Gasteiger partial charge in [0, 0.05) is 13.1 Å². The molecule has 6 nitrogen and oxygen atoms in total. The fourth-order valence-corrected chi connectivity index (χ4v) is 2.42. The minimum atomic E-state index is -0.366. The Hall–Kier alpha value is -3.02.